The number of ether oxygens (including phenoxy) is 14. The summed E-state index contributed by atoms with van der Waals surface area (Å²) in [4.78, 5) is 116. The standard InChI is InChI=1S/C56H52O22/c57-45-33-9-1-5-13-37(33)75-53-41(45)42-46(58)34-10-2-6-14-38(34)76-54(42,53)50(62)72-30-26-68-22-18-66-20-24-70-28-32-74-52(64)56-44(48(60)36-12-4-8-16-40(36)78-56)43-47(59)35-11-3-7-15-39(35)77-55(43,56)51(63)73-31-27-69-23-19-65-17-21-67-25-29-71-49(53)61/h1-16,41-44H,17-32H2. The largest absolute Gasteiger partial charge is 0.469 e. The normalized spacial score (nSPS) is 31.2. The Balaban J connectivity index is 0.775. The van der Waals surface area contributed by atoms with E-state index in [9.17, 15) is 38.4 Å². The minimum Gasteiger partial charge on any atom is -0.469 e. The first-order chi connectivity index (χ1) is 38.0. The highest BCUT2D eigenvalue weighted by molar-refractivity contribution is 6.21. The number of para-hydroxylation sites is 4. The maximum absolute atomic E-state index is 14.6. The summed E-state index contributed by atoms with van der Waals surface area (Å²) in [7, 11) is 0. The van der Waals surface area contributed by atoms with Crippen LogP contribution < -0.4 is 18.9 Å². The average molecular weight is 1080 g/mol. The van der Waals surface area contributed by atoms with Gasteiger partial charge in [-0.15, -0.1) is 0 Å². The van der Waals surface area contributed by atoms with Gasteiger partial charge in [0.05, 0.1) is 125 Å². The first kappa shape index (κ1) is 52.5. The Labute approximate surface area is 444 Å². The van der Waals surface area contributed by atoms with E-state index in [2.05, 4.69) is 0 Å². The molecule has 22 heteroatoms. The van der Waals surface area contributed by atoms with Crippen molar-refractivity contribution in [1.82, 2.24) is 0 Å². The molecule has 4 spiro atoms. The molecule has 2 aliphatic carbocycles. The second-order valence-electron chi connectivity index (χ2n) is 18.9. The number of carbonyl (C=O) groups excluding carboxylic acids is 8. The molecule has 11 rings (SSSR count). The molecule has 0 radical (unpaired) electrons. The number of carbonyl (C=O) groups is 8. The lowest BCUT2D eigenvalue weighted by Gasteiger charge is -2.64. The molecule has 1 saturated heterocycles. The highest BCUT2D eigenvalue weighted by Crippen LogP contribution is 2.66. The van der Waals surface area contributed by atoms with Crippen LogP contribution in [-0.4, -0.2) is 175 Å². The smallest absolute Gasteiger partial charge is 0.356 e. The fourth-order valence-corrected chi connectivity index (χ4v) is 11.5. The second kappa shape index (κ2) is 21.7. The van der Waals surface area contributed by atoms with Gasteiger partial charge in [0, 0.05) is 0 Å². The van der Waals surface area contributed by atoms with Crippen molar-refractivity contribution in [3.8, 4) is 23.0 Å². The van der Waals surface area contributed by atoms with Crippen LogP contribution in [0.1, 0.15) is 41.4 Å². The van der Waals surface area contributed by atoms with Crippen molar-refractivity contribution in [2.45, 2.75) is 22.4 Å². The number of Topliss-reactive ketones (excluding diaryl/α,β-unsaturated/α-hetero) is 4. The van der Waals surface area contributed by atoms with E-state index >= 15 is 0 Å². The predicted molar refractivity (Wildman–Crippen MR) is 259 cm³/mol. The van der Waals surface area contributed by atoms with Crippen molar-refractivity contribution in [2.24, 2.45) is 23.7 Å². The van der Waals surface area contributed by atoms with Crippen LogP contribution >= 0.6 is 0 Å². The number of cyclic esters (lactones) is 4. The summed E-state index contributed by atoms with van der Waals surface area (Å²) in [5, 5.41) is 0. The summed E-state index contributed by atoms with van der Waals surface area (Å²) in [6.45, 7) is -1.72. The average Bonchev–Trinajstić information content (AvgIpc) is 2.06. The zero-order chi connectivity index (χ0) is 54.1. The van der Waals surface area contributed by atoms with Gasteiger partial charge in [0.25, 0.3) is 22.4 Å². The monoisotopic (exact) mass is 1080 g/mol. The van der Waals surface area contributed by atoms with Crippen molar-refractivity contribution in [2.75, 3.05) is 106 Å². The summed E-state index contributed by atoms with van der Waals surface area (Å²) in [6, 6.07) is 24.6. The first-order valence-corrected chi connectivity index (χ1v) is 25.5. The molecule has 0 aromatic heterocycles. The lowest BCUT2D eigenvalue weighted by Crippen LogP contribution is -2.90. The van der Waals surface area contributed by atoms with Crippen molar-refractivity contribution in [1.29, 1.82) is 0 Å². The van der Waals surface area contributed by atoms with E-state index in [4.69, 9.17) is 66.3 Å². The van der Waals surface area contributed by atoms with Gasteiger partial charge < -0.3 is 66.3 Å². The van der Waals surface area contributed by atoms with Crippen molar-refractivity contribution in [3.63, 3.8) is 0 Å². The Kier molecular flexibility index (Phi) is 14.6. The molecule has 22 nitrogen and oxygen atoms in total. The Morgan fingerprint density at radius 2 is 0.436 bits per heavy atom. The van der Waals surface area contributed by atoms with E-state index in [1.165, 1.54) is 48.5 Å². The molecule has 5 aliphatic heterocycles. The summed E-state index contributed by atoms with van der Waals surface area (Å²) < 4.78 is 82.3. The van der Waals surface area contributed by atoms with Gasteiger partial charge in [-0.25, -0.2) is 19.2 Å². The molecule has 0 bridgehead atoms. The molecule has 8 unspecified atom stereocenters. The molecule has 8 atom stereocenters. The van der Waals surface area contributed by atoms with Crippen molar-refractivity contribution in [3.05, 3.63) is 119 Å². The summed E-state index contributed by atoms with van der Waals surface area (Å²) in [6.07, 6.45) is 0. The van der Waals surface area contributed by atoms with Crippen LogP contribution in [0.15, 0.2) is 97.1 Å². The molecule has 7 aliphatic rings. The van der Waals surface area contributed by atoms with Crippen LogP contribution in [0.5, 0.6) is 23.0 Å². The molecule has 5 heterocycles. The topological polar surface area (TPSA) is 266 Å². The van der Waals surface area contributed by atoms with Crippen LogP contribution in [-0.2, 0) is 66.5 Å². The molecule has 3 fully saturated rings. The SMILES string of the molecule is O=C1c2ccccc2OC23C(=O)OCCOCCOCCOCCOC(=O)C45Oc6ccccc6C(=O)C4C4C(=O)c6ccccc6OC45C(=O)OCCOCCOCCOCCOC(=O)C24Oc2ccccc2C(=O)C4C13. The third-order valence-corrected chi connectivity index (χ3v) is 14.9. The lowest BCUT2D eigenvalue weighted by molar-refractivity contribution is -0.262. The summed E-state index contributed by atoms with van der Waals surface area (Å²) in [5.74, 6) is -13.4. The molecular weight excluding hydrogens is 1020 g/mol. The third-order valence-electron chi connectivity index (χ3n) is 14.9. The van der Waals surface area contributed by atoms with E-state index in [1.54, 1.807) is 48.5 Å². The molecule has 0 N–H and O–H groups in total. The number of ketones is 4. The minimum absolute atomic E-state index is 0.0263. The number of hydrogen-bond acceptors (Lipinski definition) is 22. The molecule has 78 heavy (non-hydrogen) atoms. The molecular formula is C56H52O22. The maximum atomic E-state index is 14.6. The number of rotatable bonds is 0. The molecule has 408 valence electrons. The highest BCUT2D eigenvalue weighted by Gasteiger charge is 2.92. The number of hydrogen-bond donors (Lipinski definition) is 0. The van der Waals surface area contributed by atoms with Crippen LogP contribution in [0, 0.1) is 23.7 Å². The maximum Gasteiger partial charge on any atom is 0.356 e. The third kappa shape index (κ3) is 8.22. The van der Waals surface area contributed by atoms with Gasteiger partial charge in [0.2, 0.25) is 0 Å². The van der Waals surface area contributed by atoms with Crippen LogP contribution in [0.25, 0.3) is 0 Å². The fourth-order valence-electron chi connectivity index (χ4n) is 11.5. The van der Waals surface area contributed by atoms with E-state index < -0.39 is 93.1 Å². The zero-order valence-electron chi connectivity index (χ0n) is 41.8. The first-order valence-electron chi connectivity index (χ1n) is 25.5. The summed E-state index contributed by atoms with van der Waals surface area (Å²) >= 11 is 0. The Morgan fingerprint density at radius 1 is 0.256 bits per heavy atom. The Hall–Kier alpha value is -7.60. The van der Waals surface area contributed by atoms with E-state index in [0.29, 0.717) is 0 Å². The van der Waals surface area contributed by atoms with Gasteiger partial charge >= 0.3 is 23.9 Å². The number of fused-ring (bicyclic) bond motifs is 6. The van der Waals surface area contributed by atoms with Gasteiger partial charge in [-0.3, -0.25) is 19.2 Å². The molecule has 0 amide bonds. The van der Waals surface area contributed by atoms with Crippen molar-refractivity contribution < 1.29 is 105 Å². The minimum atomic E-state index is -2.50. The lowest BCUT2D eigenvalue weighted by atomic mass is 9.45. The quantitative estimate of drug-likeness (QED) is 0.181. The van der Waals surface area contributed by atoms with Crippen LogP contribution in [0.4, 0.5) is 0 Å². The highest BCUT2D eigenvalue weighted by atomic mass is 16.7. The van der Waals surface area contributed by atoms with Crippen LogP contribution in [0.3, 0.4) is 0 Å². The Bertz CT molecular complexity index is 2650. The zero-order valence-corrected chi connectivity index (χ0v) is 41.8. The molecule has 4 aromatic carbocycles. The number of benzene rings is 4. The van der Waals surface area contributed by atoms with Gasteiger partial charge in [0.15, 0.2) is 23.1 Å². The number of esters is 4. The second-order valence-corrected chi connectivity index (χ2v) is 18.9. The van der Waals surface area contributed by atoms with Crippen molar-refractivity contribution >= 4 is 47.0 Å². The van der Waals surface area contributed by atoms with Crippen LogP contribution in [0.2, 0.25) is 0 Å². The molecule has 4 aromatic rings. The van der Waals surface area contributed by atoms with E-state index in [1.807, 2.05) is 0 Å². The van der Waals surface area contributed by atoms with E-state index in [-0.39, 0.29) is 151 Å². The Morgan fingerprint density at radius 3 is 0.641 bits per heavy atom. The summed E-state index contributed by atoms with van der Waals surface area (Å²) in [5.41, 5.74) is -9.59. The van der Waals surface area contributed by atoms with Gasteiger partial charge in [-0.05, 0) is 48.5 Å². The fraction of sp³-hybridized carbons (Fsp3) is 0.429. The van der Waals surface area contributed by atoms with Gasteiger partial charge in [-0.1, -0.05) is 48.5 Å². The predicted octanol–water partition coefficient (Wildman–Crippen LogP) is 2.82. The van der Waals surface area contributed by atoms with Gasteiger partial charge in [-0.2, -0.15) is 0 Å². The van der Waals surface area contributed by atoms with Gasteiger partial charge in [0.1, 0.15) is 49.4 Å². The van der Waals surface area contributed by atoms with E-state index in [0.717, 1.165) is 0 Å². The molecule has 2 saturated carbocycles.